The van der Waals surface area contributed by atoms with Crippen LogP contribution in [0.3, 0.4) is 0 Å². The van der Waals surface area contributed by atoms with Crippen molar-refractivity contribution < 1.29 is 134 Å². The van der Waals surface area contributed by atoms with Gasteiger partial charge in [-0.25, -0.2) is 4.98 Å². The molecule has 11 atom stereocenters. The van der Waals surface area contributed by atoms with Gasteiger partial charge in [-0.15, -0.1) is 0 Å². The Kier molecular flexibility index (Phi) is 74.7. The van der Waals surface area contributed by atoms with E-state index in [9.17, 15) is 67.1 Å². The number of H-pyrrole nitrogens is 1. The molecule has 0 aliphatic heterocycles. The molecule has 0 saturated carbocycles. The molecule has 1 unspecified atom stereocenters. The number of amides is 1. The minimum atomic E-state index is -1.29. The molecule has 45 heteroatoms. The van der Waals surface area contributed by atoms with E-state index in [-0.39, 0.29) is 61.8 Å². The Hall–Kier alpha value is -7.64. The van der Waals surface area contributed by atoms with Crippen LogP contribution in [-0.2, 0) is 73.5 Å². The number of unbranched alkanes of at least 4 members (excludes halogenated alkanes) is 1. The standard InChI is InChI=1S/C6H9N3O2.C6H12N2O4S2.C6H14N2O2.2C6H13NO2.C5H10N2O3.C5H9NO4.C4H7NO4.C3H7NO2S.C2H5NO2/c7-5(6(10)11)1-4-2-8-3-9-4;7-3(5(9)10)1-13-14-2-4(8)6(11)12;7-4-2-1-3-5(8)6(9)10;1-4(2)3-5(7)6(8)9;1-3-4(2)5(7)6(8)9;2*6-3(5(9)10)1-2-4(7)8;5-2(4(8)9)1-3(6)7;4-2(1-7)3(5)6;3-1-2(4)5/h2-3,5H,1,7H2,(H,8,9)(H,10,11);3-4H,1-2,7-8H2,(H,9,10)(H,11,12);5H,1-4,7-8H2,(H,9,10);2*4-5H,3,7H2,1-2H3,(H,8,9);3H,1-2,6H2,(H2,7,8)(H,9,10);3H,1-2,6H2,(H,7,8)(H,9,10);2H,1,5H2,(H,6,7)(H,8,9);2,7H,1,4H2,(H,5,6);1,3H2,(H,4,5)/t5-;3-,4?;2*5-;4-,5-;2*3-;2*2-;/m000000000./s1. The third-order valence-corrected chi connectivity index (χ3v) is 12.7. The first kappa shape index (κ1) is 105. The summed E-state index contributed by atoms with van der Waals surface area (Å²) in [5.74, 6) is -13.1. The van der Waals surface area contributed by atoms with E-state index in [0.717, 1.165) is 25.0 Å². The van der Waals surface area contributed by atoms with Crippen molar-refractivity contribution in [2.75, 3.05) is 30.3 Å². The number of nitrogens with one attached hydrogen (secondary N) is 1. The van der Waals surface area contributed by atoms with Gasteiger partial charge >= 0.3 is 77.6 Å². The van der Waals surface area contributed by atoms with Gasteiger partial charge in [0.1, 0.15) is 60.4 Å². The number of carbonyl (C=O) groups is 14. The number of nitrogens with two attached hydrogens (primary N) is 13. The maximum atomic E-state index is 10.3. The normalized spacial score (nSPS) is 13.3. The second kappa shape index (κ2) is 66.8. The lowest BCUT2D eigenvalue weighted by atomic mass is 10.0. The summed E-state index contributed by atoms with van der Waals surface area (Å²) in [6.45, 7) is 7.98. The number of carbonyl (C=O) groups excluding carboxylic acids is 1. The highest BCUT2D eigenvalue weighted by molar-refractivity contribution is 8.76. The molecule has 0 aliphatic carbocycles. The van der Waals surface area contributed by atoms with Crippen molar-refractivity contribution in [3.63, 3.8) is 0 Å². The zero-order valence-corrected chi connectivity index (χ0v) is 54.7. The Labute approximate surface area is 553 Å². The number of aromatic amines is 1. The maximum absolute atomic E-state index is 10.3. The largest absolute Gasteiger partial charge is 0.481 e. The second-order valence-electron chi connectivity index (χ2n) is 18.8. The van der Waals surface area contributed by atoms with Crippen LogP contribution in [-0.4, -0.2) is 251 Å². The van der Waals surface area contributed by atoms with E-state index in [4.69, 9.17) is 135 Å². The smallest absolute Gasteiger partial charge is 0.321 e. The molecule has 0 aromatic carbocycles. The van der Waals surface area contributed by atoms with Crippen LogP contribution < -0.4 is 74.5 Å². The zero-order chi connectivity index (χ0) is 76.1. The lowest BCUT2D eigenvalue weighted by Crippen LogP contribution is -2.36. The Morgan fingerprint density at radius 3 is 1.05 bits per heavy atom. The van der Waals surface area contributed by atoms with Crippen molar-refractivity contribution >= 4 is 118 Å². The Morgan fingerprint density at radius 2 is 0.840 bits per heavy atom. The van der Waals surface area contributed by atoms with Gasteiger partial charge in [-0.1, -0.05) is 62.1 Å². The van der Waals surface area contributed by atoms with E-state index in [2.05, 4.69) is 28.3 Å². The number of hydrogen-bond donors (Lipinski definition) is 28. The molecule has 1 amide bonds. The predicted molar refractivity (Wildman–Crippen MR) is 343 cm³/mol. The summed E-state index contributed by atoms with van der Waals surface area (Å²) in [4.78, 5) is 146. The molecule has 0 aliphatic rings. The van der Waals surface area contributed by atoms with E-state index in [1.54, 1.807) is 6.20 Å². The summed E-state index contributed by atoms with van der Waals surface area (Å²) in [7, 11) is 2.41. The molecule has 94 heavy (non-hydrogen) atoms. The first-order valence-electron chi connectivity index (χ1n) is 27.0. The molecule has 0 bridgehead atoms. The van der Waals surface area contributed by atoms with Gasteiger partial charge in [-0.05, 0) is 50.5 Å². The van der Waals surface area contributed by atoms with Crippen molar-refractivity contribution in [3.05, 3.63) is 18.2 Å². The van der Waals surface area contributed by atoms with Crippen LogP contribution in [0.15, 0.2) is 12.5 Å². The van der Waals surface area contributed by atoms with Gasteiger partial charge in [0, 0.05) is 48.4 Å². The molecule has 1 aromatic rings. The number of aromatic nitrogens is 2. The molecule has 1 rings (SSSR count). The van der Waals surface area contributed by atoms with Gasteiger partial charge < -0.3 is 146 Å². The molecular weight excluding hydrogens is 1330 g/mol. The lowest BCUT2D eigenvalue weighted by molar-refractivity contribution is -0.144. The van der Waals surface area contributed by atoms with E-state index >= 15 is 0 Å². The predicted octanol–water partition coefficient (Wildman–Crippen LogP) is -5.87. The van der Waals surface area contributed by atoms with Crippen LogP contribution in [0, 0.1) is 11.8 Å². The second-order valence-corrected chi connectivity index (χ2v) is 21.7. The highest BCUT2D eigenvalue weighted by Crippen LogP contribution is 2.22. The van der Waals surface area contributed by atoms with Crippen molar-refractivity contribution in [1.29, 1.82) is 0 Å². The molecule has 1 heterocycles. The van der Waals surface area contributed by atoms with Crippen molar-refractivity contribution in [1.82, 2.24) is 9.97 Å². The molecule has 0 spiro atoms. The molecule has 0 fully saturated rings. The first-order chi connectivity index (χ1) is 43.0. The van der Waals surface area contributed by atoms with Crippen LogP contribution in [0.1, 0.15) is 97.6 Å². The number of carboxylic acid groups (broad SMARTS) is 13. The molecule has 0 radical (unpaired) electrons. The molecule has 1 aromatic heterocycles. The Bertz CT molecular complexity index is 2250. The van der Waals surface area contributed by atoms with E-state index in [1.165, 1.54) is 27.9 Å². The summed E-state index contributed by atoms with van der Waals surface area (Å²) >= 11 is 3.65. The number of carboxylic acids is 13. The zero-order valence-electron chi connectivity index (χ0n) is 52.1. The number of hydrogen-bond acceptors (Lipinski definition) is 30. The third kappa shape index (κ3) is 84.4. The summed E-state index contributed by atoms with van der Waals surface area (Å²) in [6, 6.07) is -8.95. The van der Waals surface area contributed by atoms with Crippen LogP contribution in [0.4, 0.5) is 0 Å². The maximum Gasteiger partial charge on any atom is 0.321 e. The number of imidazole rings is 1. The van der Waals surface area contributed by atoms with E-state index in [1.807, 2.05) is 27.7 Å². The lowest BCUT2D eigenvalue weighted by Gasteiger charge is -2.11. The van der Waals surface area contributed by atoms with Crippen molar-refractivity contribution in [2.24, 2.45) is 86.4 Å². The van der Waals surface area contributed by atoms with Crippen LogP contribution >= 0.6 is 34.2 Å². The highest BCUT2D eigenvalue weighted by Gasteiger charge is 2.19. The third-order valence-electron chi connectivity index (χ3n) is 9.80. The minimum absolute atomic E-state index is 0.0213. The fourth-order valence-corrected chi connectivity index (χ4v) is 6.41. The highest BCUT2D eigenvalue weighted by atomic mass is 33.1. The summed E-state index contributed by atoms with van der Waals surface area (Å²) in [5.41, 5.74) is 66.5. The fraction of sp³-hybridized carbons (Fsp3) is 0.653. The minimum Gasteiger partial charge on any atom is -0.481 e. The molecule has 40 N–H and O–H groups in total. The number of nitrogens with zero attached hydrogens (tertiary/aromatic N) is 1. The van der Waals surface area contributed by atoms with Gasteiger partial charge in [0.15, 0.2) is 0 Å². The van der Waals surface area contributed by atoms with Crippen LogP contribution in [0.5, 0.6) is 0 Å². The number of aliphatic carboxylic acids is 13. The van der Waals surface area contributed by atoms with Crippen molar-refractivity contribution in [2.45, 2.75) is 159 Å². The van der Waals surface area contributed by atoms with E-state index in [0.29, 0.717) is 25.3 Å². The fourth-order valence-electron chi connectivity index (χ4n) is 4.02. The average molecular weight is 1430 g/mol. The molecule has 550 valence electrons. The Morgan fingerprint density at radius 1 is 0.479 bits per heavy atom. The van der Waals surface area contributed by atoms with Gasteiger partial charge in [0.05, 0.1) is 19.3 Å². The van der Waals surface area contributed by atoms with Crippen molar-refractivity contribution in [3.8, 4) is 0 Å². The Balaban J connectivity index is -0.000000123. The van der Waals surface area contributed by atoms with Crippen LogP contribution in [0.2, 0.25) is 0 Å². The average Bonchev–Trinajstić information content (AvgIpc) is 2.43. The van der Waals surface area contributed by atoms with Gasteiger partial charge in [0.25, 0.3) is 0 Å². The topological polar surface area (TPSA) is 869 Å². The first-order valence-corrected chi connectivity index (χ1v) is 30.1. The van der Waals surface area contributed by atoms with Gasteiger partial charge in [0.2, 0.25) is 5.91 Å². The number of rotatable bonds is 35. The molecular formula is C49H99N15O27S3. The molecule has 0 saturated heterocycles. The summed E-state index contributed by atoms with van der Waals surface area (Å²) in [6.07, 6.45) is 6.23. The monoisotopic (exact) mass is 1430 g/mol. The number of primary amides is 1. The van der Waals surface area contributed by atoms with Crippen LogP contribution in [0.25, 0.3) is 0 Å². The van der Waals surface area contributed by atoms with E-state index < -0.39 is 150 Å². The summed E-state index contributed by atoms with van der Waals surface area (Å²) < 4.78 is 0. The van der Waals surface area contributed by atoms with Gasteiger partial charge in [-0.3, -0.25) is 67.1 Å². The molecule has 42 nitrogen and oxygen atoms in total. The SMILES string of the molecule is CC(C)C[C@H](N)C(=O)O.CC[C@H](C)[C@H](N)C(=O)O.NC(=O)CC[C@H](N)C(=O)O.NC(CSSC[C@H](N)C(=O)O)C(=O)O.NCC(=O)O.NCCCC[C@H](N)C(=O)O.N[C@@H](CC(=O)O)C(=O)O.N[C@@H](CCC(=O)O)C(=O)O.N[C@@H](CS)C(=O)O.N[C@@H](Cc1cnc[nH]1)C(=O)O. The van der Waals surface area contributed by atoms with Gasteiger partial charge in [-0.2, -0.15) is 12.6 Å². The summed E-state index contributed by atoms with van der Waals surface area (Å²) in [5, 5.41) is 106. The number of thiol groups is 1. The quantitative estimate of drug-likeness (QED) is 0.0171.